The van der Waals surface area contributed by atoms with Gasteiger partial charge in [0.25, 0.3) is 0 Å². The molecule has 1 aromatic carbocycles. The van der Waals surface area contributed by atoms with E-state index in [2.05, 4.69) is 6.58 Å². The van der Waals surface area contributed by atoms with Crippen LogP contribution in [-0.4, -0.2) is 41.6 Å². The van der Waals surface area contributed by atoms with E-state index >= 15 is 0 Å². The van der Waals surface area contributed by atoms with Gasteiger partial charge in [0.2, 0.25) is 5.91 Å². The zero-order valence-corrected chi connectivity index (χ0v) is 14.1. The summed E-state index contributed by atoms with van der Waals surface area (Å²) in [7, 11) is 0. The van der Waals surface area contributed by atoms with Crippen LogP contribution in [0, 0.1) is 0 Å². The summed E-state index contributed by atoms with van der Waals surface area (Å²) in [5, 5.41) is 0. The zero-order chi connectivity index (χ0) is 17.5. The van der Waals surface area contributed by atoms with Crippen LogP contribution >= 0.6 is 0 Å². The molecule has 1 aromatic rings. The molecular weight excluding hydrogens is 306 g/mol. The Morgan fingerprint density at radius 1 is 1.33 bits per heavy atom. The highest BCUT2D eigenvalue weighted by atomic mass is 16.5. The van der Waals surface area contributed by atoms with E-state index in [1.165, 1.54) is 13.8 Å². The smallest absolute Gasteiger partial charge is 0.303 e. The minimum absolute atomic E-state index is 0.100. The van der Waals surface area contributed by atoms with Crippen LogP contribution in [0.1, 0.15) is 19.4 Å². The van der Waals surface area contributed by atoms with Crippen molar-refractivity contribution in [3.63, 3.8) is 0 Å². The van der Waals surface area contributed by atoms with E-state index in [-0.39, 0.29) is 5.91 Å². The van der Waals surface area contributed by atoms with Crippen LogP contribution in [0.4, 0.5) is 0 Å². The van der Waals surface area contributed by atoms with Gasteiger partial charge in [0.1, 0.15) is 18.2 Å². The van der Waals surface area contributed by atoms with Gasteiger partial charge in [-0.1, -0.05) is 42.5 Å². The summed E-state index contributed by atoms with van der Waals surface area (Å²) in [6.07, 6.45) is 4.26. The van der Waals surface area contributed by atoms with Crippen LogP contribution in [0.2, 0.25) is 0 Å². The summed E-state index contributed by atoms with van der Waals surface area (Å²) >= 11 is 0. The van der Waals surface area contributed by atoms with E-state index in [0.717, 1.165) is 5.56 Å². The highest BCUT2D eigenvalue weighted by Crippen LogP contribution is 2.22. The topological polar surface area (TPSA) is 55.8 Å². The quantitative estimate of drug-likeness (QED) is 0.594. The monoisotopic (exact) mass is 329 g/mol. The Kier molecular flexibility index (Phi) is 6.32. The van der Waals surface area contributed by atoms with Crippen molar-refractivity contribution in [1.82, 2.24) is 4.90 Å². The number of ether oxygens (including phenoxy) is 2. The van der Waals surface area contributed by atoms with Crippen LogP contribution in [0.3, 0.4) is 0 Å². The Hall–Kier alpha value is -2.40. The number of rotatable bonds is 6. The molecule has 5 nitrogen and oxygen atoms in total. The molecule has 0 fully saturated rings. The highest BCUT2D eigenvalue weighted by molar-refractivity contribution is 5.74. The lowest BCUT2D eigenvalue weighted by atomic mass is 9.98. The van der Waals surface area contributed by atoms with E-state index in [9.17, 15) is 9.59 Å². The van der Waals surface area contributed by atoms with Crippen LogP contribution in [0.15, 0.2) is 55.1 Å². The summed E-state index contributed by atoms with van der Waals surface area (Å²) in [4.78, 5) is 25.0. The first-order valence-electron chi connectivity index (χ1n) is 7.92. The Balaban J connectivity index is 2.18. The van der Waals surface area contributed by atoms with E-state index in [1.54, 1.807) is 17.1 Å². The normalized spacial score (nSPS) is 21.2. The van der Waals surface area contributed by atoms with Gasteiger partial charge in [0, 0.05) is 20.4 Å². The van der Waals surface area contributed by atoms with Gasteiger partial charge >= 0.3 is 5.97 Å². The number of benzene rings is 1. The van der Waals surface area contributed by atoms with Crippen molar-refractivity contribution in [1.29, 1.82) is 0 Å². The maximum absolute atomic E-state index is 12.0. The molecule has 0 aliphatic carbocycles. The largest absolute Gasteiger partial charge is 0.456 e. The molecule has 1 aliphatic rings. The van der Waals surface area contributed by atoms with Gasteiger partial charge in [-0.25, -0.2) is 0 Å². The Bertz CT molecular complexity index is 611. The maximum atomic E-state index is 12.0. The molecule has 0 saturated heterocycles. The molecule has 2 rings (SSSR count). The van der Waals surface area contributed by atoms with E-state index in [4.69, 9.17) is 9.47 Å². The van der Waals surface area contributed by atoms with Gasteiger partial charge in [-0.15, -0.1) is 6.58 Å². The number of hydrogen-bond acceptors (Lipinski definition) is 4. The van der Waals surface area contributed by atoms with Crippen molar-refractivity contribution in [2.45, 2.75) is 38.7 Å². The van der Waals surface area contributed by atoms with Gasteiger partial charge < -0.3 is 14.4 Å². The average molecular weight is 329 g/mol. The minimum atomic E-state index is -0.557. The summed E-state index contributed by atoms with van der Waals surface area (Å²) < 4.78 is 11.3. The Morgan fingerprint density at radius 2 is 2.04 bits per heavy atom. The lowest BCUT2D eigenvalue weighted by molar-refractivity contribution is -0.155. The minimum Gasteiger partial charge on any atom is -0.456 e. The van der Waals surface area contributed by atoms with Crippen molar-refractivity contribution in [2.24, 2.45) is 0 Å². The number of carbonyl (C=O) groups excluding carboxylic acids is 2. The molecule has 5 heteroatoms. The second kappa shape index (κ2) is 8.45. The lowest BCUT2D eigenvalue weighted by Crippen LogP contribution is -2.55. The molecule has 0 spiro atoms. The van der Waals surface area contributed by atoms with Crippen molar-refractivity contribution in [3.8, 4) is 0 Å². The third-order valence-electron chi connectivity index (χ3n) is 3.89. The molecule has 1 amide bonds. The van der Waals surface area contributed by atoms with Gasteiger partial charge in [-0.3, -0.25) is 9.59 Å². The van der Waals surface area contributed by atoms with Crippen LogP contribution in [0.5, 0.6) is 0 Å². The first-order valence-corrected chi connectivity index (χ1v) is 7.92. The van der Waals surface area contributed by atoms with Crippen LogP contribution in [-0.2, 0) is 25.7 Å². The highest BCUT2D eigenvalue weighted by Gasteiger charge is 2.37. The molecule has 0 saturated carbocycles. The summed E-state index contributed by atoms with van der Waals surface area (Å²) in [6, 6.07) is 9.32. The number of nitrogens with zero attached hydrogens (tertiary/aromatic N) is 1. The fourth-order valence-electron chi connectivity index (χ4n) is 2.80. The second-order valence-electron chi connectivity index (χ2n) is 5.66. The first kappa shape index (κ1) is 17.9. The Morgan fingerprint density at radius 3 is 2.62 bits per heavy atom. The molecule has 0 N–H and O–H groups in total. The summed E-state index contributed by atoms with van der Waals surface area (Å²) in [5.74, 6) is -0.498. The molecule has 0 bridgehead atoms. The molecule has 1 heterocycles. The van der Waals surface area contributed by atoms with Gasteiger partial charge in [-0.2, -0.15) is 0 Å². The van der Waals surface area contributed by atoms with Crippen LogP contribution < -0.4 is 0 Å². The number of hydrogen-bond donors (Lipinski definition) is 0. The fourth-order valence-corrected chi connectivity index (χ4v) is 2.80. The van der Waals surface area contributed by atoms with Gasteiger partial charge in [0.15, 0.2) is 0 Å². The number of esters is 1. The zero-order valence-electron chi connectivity index (χ0n) is 14.1. The third kappa shape index (κ3) is 4.55. The molecule has 0 radical (unpaired) electrons. The average Bonchev–Trinajstić information content (AvgIpc) is 2.56. The Labute approximate surface area is 142 Å². The van der Waals surface area contributed by atoms with Crippen molar-refractivity contribution < 1.29 is 19.1 Å². The first-order chi connectivity index (χ1) is 11.5. The van der Waals surface area contributed by atoms with Gasteiger partial charge in [0.05, 0.1) is 6.61 Å². The van der Waals surface area contributed by atoms with E-state index < -0.39 is 24.2 Å². The van der Waals surface area contributed by atoms with Crippen molar-refractivity contribution in [3.05, 3.63) is 60.7 Å². The van der Waals surface area contributed by atoms with E-state index in [1.807, 2.05) is 36.4 Å². The van der Waals surface area contributed by atoms with Crippen molar-refractivity contribution >= 4 is 11.9 Å². The molecule has 3 atom stereocenters. The molecule has 128 valence electrons. The van der Waals surface area contributed by atoms with Gasteiger partial charge in [-0.05, 0) is 11.6 Å². The standard InChI is InChI=1S/C19H23NO4/c1-4-17(23-13-16-9-6-5-7-10-16)19-18(24-15(3)22)11-8-12-20(19)14(2)21/h4-11,17-19H,1,12-13H2,2-3H3/t17-,18+,19+/m0/s1. The summed E-state index contributed by atoms with van der Waals surface area (Å²) in [6.45, 7) is 7.52. The van der Waals surface area contributed by atoms with Crippen LogP contribution in [0.25, 0.3) is 0 Å². The maximum Gasteiger partial charge on any atom is 0.303 e. The summed E-state index contributed by atoms with van der Waals surface area (Å²) in [5.41, 5.74) is 1.02. The van der Waals surface area contributed by atoms with E-state index in [0.29, 0.717) is 13.2 Å². The molecule has 0 aromatic heterocycles. The molecular formula is C19H23NO4. The number of carbonyl (C=O) groups is 2. The predicted molar refractivity (Wildman–Crippen MR) is 91.1 cm³/mol. The second-order valence-corrected chi connectivity index (χ2v) is 5.66. The molecule has 0 unspecified atom stereocenters. The number of amides is 1. The lowest BCUT2D eigenvalue weighted by Gasteiger charge is -2.40. The molecule has 1 aliphatic heterocycles. The SMILES string of the molecule is C=C[C@H](OCc1ccccc1)[C@@H]1[C@H](OC(C)=O)C=CCN1C(C)=O. The fraction of sp³-hybridized carbons (Fsp3) is 0.368. The van der Waals surface area contributed by atoms with Crippen molar-refractivity contribution in [2.75, 3.05) is 6.54 Å². The predicted octanol–water partition coefficient (Wildman–Crippen LogP) is 2.48. The molecule has 24 heavy (non-hydrogen) atoms. The third-order valence-corrected chi connectivity index (χ3v) is 3.89.